The molecule has 0 saturated heterocycles. The molecule has 1 amide bonds. The molecule has 0 aliphatic rings. The van der Waals surface area contributed by atoms with Crippen molar-refractivity contribution in [2.24, 2.45) is 0 Å². The zero-order valence-corrected chi connectivity index (χ0v) is 14.7. The molecule has 0 unspecified atom stereocenters. The number of carbonyl (C=O) groups is 1. The summed E-state index contributed by atoms with van der Waals surface area (Å²) in [5.74, 6) is 0.0824. The second kappa shape index (κ2) is 6.19. The fourth-order valence-electron chi connectivity index (χ4n) is 3.33. The van der Waals surface area contributed by atoms with E-state index in [0.717, 1.165) is 28.0 Å². The van der Waals surface area contributed by atoms with Crippen molar-refractivity contribution < 1.29 is 9.90 Å². The van der Waals surface area contributed by atoms with E-state index < -0.39 is 0 Å². The lowest BCUT2D eigenvalue weighted by atomic mass is 10.1. The second-order valence-corrected chi connectivity index (χ2v) is 6.43. The van der Waals surface area contributed by atoms with Crippen LogP contribution in [0.4, 0.5) is 5.69 Å². The molecule has 0 bridgehead atoms. The van der Waals surface area contributed by atoms with Crippen molar-refractivity contribution in [1.82, 2.24) is 9.38 Å². The number of hydrogen-bond donors (Lipinski definition) is 2. The zero-order valence-electron chi connectivity index (χ0n) is 14.7. The monoisotopic (exact) mass is 345 g/mol. The first-order chi connectivity index (χ1) is 12.5. The molecule has 0 aliphatic carbocycles. The highest BCUT2D eigenvalue weighted by Crippen LogP contribution is 2.30. The predicted molar refractivity (Wildman–Crippen MR) is 103 cm³/mol. The van der Waals surface area contributed by atoms with Gasteiger partial charge in [0, 0.05) is 22.7 Å². The third-order valence-electron chi connectivity index (χ3n) is 4.65. The fraction of sp³-hybridized carbons (Fsp3) is 0.143. The standard InChI is InChI=1S/C21H19N3O2/c1-13-6-5-11-24-18(14(2)22-21(13)24)12-20(26)23-17-9-3-8-16-15(17)7-4-10-19(16)25/h3-11,25H,12H2,1-2H3,(H,23,26). The summed E-state index contributed by atoms with van der Waals surface area (Å²) in [6, 6.07) is 14.7. The van der Waals surface area contributed by atoms with Crippen LogP contribution in [0.5, 0.6) is 5.75 Å². The molecule has 2 N–H and O–H groups in total. The van der Waals surface area contributed by atoms with E-state index in [0.29, 0.717) is 11.1 Å². The maximum absolute atomic E-state index is 12.7. The molecule has 0 fully saturated rings. The van der Waals surface area contributed by atoms with Crippen molar-refractivity contribution in [3.05, 3.63) is 71.7 Å². The normalized spacial score (nSPS) is 11.2. The molecule has 5 heteroatoms. The molecule has 0 spiro atoms. The van der Waals surface area contributed by atoms with Gasteiger partial charge in [-0.25, -0.2) is 4.98 Å². The van der Waals surface area contributed by atoms with Crippen molar-refractivity contribution in [1.29, 1.82) is 0 Å². The van der Waals surface area contributed by atoms with E-state index in [4.69, 9.17) is 0 Å². The van der Waals surface area contributed by atoms with Crippen LogP contribution in [0.2, 0.25) is 0 Å². The number of pyridine rings is 1. The summed E-state index contributed by atoms with van der Waals surface area (Å²) in [5.41, 5.74) is 4.37. The summed E-state index contributed by atoms with van der Waals surface area (Å²) in [5, 5.41) is 14.5. The van der Waals surface area contributed by atoms with Gasteiger partial charge in [-0.1, -0.05) is 30.3 Å². The second-order valence-electron chi connectivity index (χ2n) is 6.43. The topological polar surface area (TPSA) is 66.6 Å². The Morgan fingerprint density at radius 2 is 1.85 bits per heavy atom. The molecule has 2 aromatic heterocycles. The minimum atomic E-state index is -0.118. The highest BCUT2D eigenvalue weighted by Gasteiger charge is 2.15. The van der Waals surface area contributed by atoms with E-state index in [1.165, 1.54) is 0 Å². The van der Waals surface area contributed by atoms with E-state index in [1.807, 2.05) is 60.8 Å². The molecule has 0 aliphatic heterocycles. The number of aromatic nitrogens is 2. The molecule has 0 saturated carbocycles. The number of phenols is 1. The predicted octanol–water partition coefficient (Wildman–Crippen LogP) is 3.99. The third kappa shape index (κ3) is 2.67. The number of nitrogens with zero attached hydrogens (tertiary/aromatic N) is 2. The Hall–Kier alpha value is -3.34. The number of amides is 1. The summed E-state index contributed by atoms with van der Waals surface area (Å²) in [7, 11) is 0. The van der Waals surface area contributed by atoms with Gasteiger partial charge in [-0.2, -0.15) is 0 Å². The molecular formula is C21H19N3O2. The first-order valence-electron chi connectivity index (χ1n) is 8.48. The summed E-state index contributed by atoms with van der Waals surface area (Å²) in [6.45, 7) is 3.93. The largest absolute Gasteiger partial charge is 0.507 e. The average Bonchev–Trinajstić information content (AvgIpc) is 2.93. The van der Waals surface area contributed by atoms with Crippen molar-refractivity contribution in [2.75, 3.05) is 5.32 Å². The van der Waals surface area contributed by atoms with Crippen LogP contribution in [0, 0.1) is 13.8 Å². The van der Waals surface area contributed by atoms with E-state index >= 15 is 0 Å². The molecule has 2 heterocycles. The highest BCUT2D eigenvalue weighted by molar-refractivity contribution is 6.04. The van der Waals surface area contributed by atoms with Crippen LogP contribution in [0.15, 0.2) is 54.7 Å². The van der Waals surface area contributed by atoms with Gasteiger partial charge in [-0.15, -0.1) is 0 Å². The van der Waals surface area contributed by atoms with E-state index in [1.54, 1.807) is 12.1 Å². The first kappa shape index (κ1) is 16.1. The Balaban J connectivity index is 1.66. The average molecular weight is 345 g/mol. The van der Waals surface area contributed by atoms with Gasteiger partial charge in [0.15, 0.2) is 0 Å². The number of benzene rings is 2. The lowest BCUT2D eigenvalue weighted by molar-refractivity contribution is -0.115. The summed E-state index contributed by atoms with van der Waals surface area (Å²) in [6.07, 6.45) is 2.16. The Kier molecular flexibility index (Phi) is 3.84. The number of hydrogen-bond acceptors (Lipinski definition) is 3. The lowest BCUT2D eigenvalue weighted by Crippen LogP contribution is -2.16. The molecular weight excluding hydrogens is 326 g/mol. The third-order valence-corrected chi connectivity index (χ3v) is 4.65. The number of fused-ring (bicyclic) bond motifs is 2. The van der Waals surface area contributed by atoms with Gasteiger partial charge < -0.3 is 14.8 Å². The van der Waals surface area contributed by atoms with Crippen LogP contribution in [0.3, 0.4) is 0 Å². The number of phenolic OH excluding ortho intramolecular Hbond substituents is 1. The number of nitrogens with one attached hydrogen (secondary N) is 1. The van der Waals surface area contributed by atoms with E-state index in [2.05, 4.69) is 10.3 Å². The van der Waals surface area contributed by atoms with Crippen LogP contribution >= 0.6 is 0 Å². The molecule has 4 aromatic rings. The molecule has 5 nitrogen and oxygen atoms in total. The molecule has 2 aromatic carbocycles. The minimum Gasteiger partial charge on any atom is -0.507 e. The number of carbonyl (C=O) groups excluding carboxylic acids is 1. The van der Waals surface area contributed by atoms with Crippen molar-refractivity contribution in [3.8, 4) is 5.75 Å². The number of imidazole rings is 1. The number of aromatic hydroxyl groups is 1. The Labute approximate surface area is 150 Å². The van der Waals surface area contributed by atoms with Gasteiger partial charge in [0.25, 0.3) is 0 Å². The van der Waals surface area contributed by atoms with Gasteiger partial charge in [-0.3, -0.25) is 4.79 Å². The van der Waals surface area contributed by atoms with Crippen molar-refractivity contribution in [3.63, 3.8) is 0 Å². The Morgan fingerprint density at radius 3 is 2.69 bits per heavy atom. The Morgan fingerprint density at radius 1 is 1.08 bits per heavy atom. The number of rotatable bonds is 3. The van der Waals surface area contributed by atoms with Crippen LogP contribution in [-0.2, 0) is 11.2 Å². The van der Waals surface area contributed by atoms with Crippen LogP contribution < -0.4 is 5.32 Å². The number of anilines is 1. The molecule has 0 radical (unpaired) electrons. The van der Waals surface area contributed by atoms with E-state index in [-0.39, 0.29) is 18.1 Å². The highest BCUT2D eigenvalue weighted by atomic mass is 16.3. The quantitative estimate of drug-likeness (QED) is 0.590. The van der Waals surface area contributed by atoms with E-state index in [9.17, 15) is 9.90 Å². The summed E-state index contributed by atoms with van der Waals surface area (Å²) < 4.78 is 1.97. The van der Waals surface area contributed by atoms with Crippen LogP contribution in [0.1, 0.15) is 17.0 Å². The molecule has 130 valence electrons. The maximum Gasteiger partial charge on any atom is 0.230 e. The van der Waals surface area contributed by atoms with Crippen molar-refractivity contribution in [2.45, 2.75) is 20.3 Å². The number of aryl methyl sites for hydroxylation is 2. The van der Waals surface area contributed by atoms with Gasteiger partial charge in [0.05, 0.1) is 17.8 Å². The first-order valence-corrected chi connectivity index (χ1v) is 8.48. The van der Waals surface area contributed by atoms with Crippen LogP contribution in [-0.4, -0.2) is 20.4 Å². The summed E-state index contributed by atoms with van der Waals surface area (Å²) in [4.78, 5) is 17.3. The lowest BCUT2D eigenvalue weighted by Gasteiger charge is -2.10. The van der Waals surface area contributed by atoms with Gasteiger partial charge in [-0.05, 0) is 37.6 Å². The smallest absolute Gasteiger partial charge is 0.230 e. The molecule has 4 rings (SSSR count). The zero-order chi connectivity index (χ0) is 18.3. The fourth-order valence-corrected chi connectivity index (χ4v) is 3.33. The van der Waals surface area contributed by atoms with Gasteiger partial charge in [0.1, 0.15) is 11.4 Å². The summed E-state index contributed by atoms with van der Waals surface area (Å²) >= 11 is 0. The SMILES string of the molecule is Cc1nc2c(C)cccn2c1CC(=O)Nc1cccc2c(O)cccc12. The van der Waals surface area contributed by atoms with Crippen LogP contribution in [0.25, 0.3) is 16.4 Å². The Bertz CT molecular complexity index is 1140. The molecule has 0 atom stereocenters. The molecule has 26 heavy (non-hydrogen) atoms. The van der Waals surface area contributed by atoms with Gasteiger partial charge in [0.2, 0.25) is 5.91 Å². The maximum atomic E-state index is 12.7. The van der Waals surface area contributed by atoms with Gasteiger partial charge >= 0.3 is 0 Å². The van der Waals surface area contributed by atoms with Crippen molar-refractivity contribution >= 4 is 28.0 Å². The minimum absolute atomic E-state index is 0.118.